The van der Waals surface area contributed by atoms with Crippen molar-refractivity contribution >= 4 is 23.5 Å². The lowest BCUT2D eigenvalue weighted by Gasteiger charge is -2.25. The van der Waals surface area contributed by atoms with Crippen LogP contribution in [0.1, 0.15) is 16.5 Å². The molecule has 1 saturated heterocycles. The van der Waals surface area contributed by atoms with Crippen LogP contribution in [0.25, 0.3) is 0 Å². The summed E-state index contributed by atoms with van der Waals surface area (Å²) in [6, 6.07) is 21.4. The molecule has 0 saturated carbocycles. The molecule has 1 heterocycles. The monoisotopic (exact) mass is 438 g/mol. The van der Waals surface area contributed by atoms with Crippen LogP contribution >= 0.6 is 11.8 Å². The van der Waals surface area contributed by atoms with Crippen LogP contribution in [-0.4, -0.2) is 30.3 Å². The molecule has 0 aromatic heterocycles. The van der Waals surface area contributed by atoms with Gasteiger partial charge in [0.25, 0.3) is 0 Å². The van der Waals surface area contributed by atoms with Gasteiger partial charge in [-0.25, -0.2) is 9.18 Å². The summed E-state index contributed by atoms with van der Waals surface area (Å²) in [7, 11) is 1.60. The van der Waals surface area contributed by atoms with Gasteiger partial charge in [-0.05, 0) is 35.4 Å². The molecule has 5 nitrogen and oxygen atoms in total. The molecule has 1 fully saturated rings. The molecule has 1 N–H and O–H groups in total. The number of amides is 2. The van der Waals surface area contributed by atoms with E-state index in [4.69, 9.17) is 9.47 Å². The quantitative estimate of drug-likeness (QED) is 0.537. The van der Waals surface area contributed by atoms with Gasteiger partial charge in [-0.3, -0.25) is 0 Å². The third-order valence-electron chi connectivity index (χ3n) is 4.98. The number of urea groups is 1. The van der Waals surface area contributed by atoms with Gasteiger partial charge in [0.05, 0.1) is 12.8 Å². The Morgan fingerprint density at radius 1 is 1.10 bits per heavy atom. The Kier molecular flexibility index (Phi) is 6.62. The molecule has 0 bridgehead atoms. The number of hydrogen-bond donors (Lipinski definition) is 1. The highest BCUT2D eigenvalue weighted by Gasteiger charge is 2.31. The molecule has 2 amide bonds. The lowest BCUT2D eigenvalue weighted by atomic mass is 10.1. The van der Waals surface area contributed by atoms with Gasteiger partial charge < -0.3 is 19.7 Å². The second-order valence-corrected chi connectivity index (χ2v) is 8.20. The summed E-state index contributed by atoms with van der Waals surface area (Å²) in [6.45, 7) is 0.984. The van der Waals surface area contributed by atoms with Crippen molar-refractivity contribution in [3.8, 4) is 11.5 Å². The number of ether oxygens (including phenoxy) is 2. The second kappa shape index (κ2) is 9.75. The van der Waals surface area contributed by atoms with E-state index in [0.29, 0.717) is 24.7 Å². The average Bonchev–Trinajstić information content (AvgIpc) is 3.30. The molecule has 160 valence electrons. The molecule has 1 aliphatic heterocycles. The Labute approximate surface area is 185 Å². The molecule has 1 atom stereocenters. The van der Waals surface area contributed by atoms with Crippen LogP contribution in [0.4, 0.5) is 14.9 Å². The van der Waals surface area contributed by atoms with Crippen LogP contribution in [-0.2, 0) is 6.61 Å². The maximum Gasteiger partial charge on any atom is 0.323 e. The summed E-state index contributed by atoms with van der Waals surface area (Å²) in [6.07, 6.45) is 0. The van der Waals surface area contributed by atoms with Crippen molar-refractivity contribution in [2.75, 3.05) is 24.7 Å². The van der Waals surface area contributed by atoms with Gasteiger partial charge in [-0.15, -0.1) is 11.8 Å². The maximum atomic E-state index is 13.9. The molecule has 0 aliphatic carbocycles. The largest absolute Gasteiger partial charge is 0.493 e. The molecule has 3 aromatic carbocycles. The van der Waals surface area contributed by atoms with Gasteiger partial charge in [0.1, 0.15) is 17.8 Å². The van der Waals surface area contributed by atoms with E-state index in [2.05, 4.69) is 5.32 Å². The van der Waals surface area contributed by atoms with Gasteiger partial charge in [0.15, 0.2) is 11.5 Å². The second-order valence-electron chi connectivity index (χ2n) is 7.01. The number of para-hydroxylation sites is 1. The Balaban J connectivity index is 1.52. The topological polar surface area (TPSA) is 50.8 Å². The highest BCUT2D eigenvalue weighted by atomic mass is 32.2. The molecule has 0 radical (unpaired) electrons. The van der Waals surface area contributed by atoms with E-state index in [0.717, 1.165) is 16.9 Å². The van der Waals surface area contributed by atoms with Crippen LogP contribution in [0.2, 0.25) is 0 Å². The molecular weight excluding hydrogens is 415 g/mol. The minimum atomic E-state index is -0.458. The summed E-state index contributed by atoms with van der Waals surface area (Å²) in [4.78, 5) is 14.6. The minimum absolute atomic E-state index is 0.171. The average molecular weight is 439 g/mol. The number of halogens is 1. The van der Waals surface area contributed by atoms with Crippen LogP contribution in [0, 0.1) is 5.82 Å². The zero-order valence-electron chi connectivity index (χ0n) is 17.1. The zero-order chi connectivity index (χ0) is 21.6. The van der Waals surface area contributed by atoms with Gasteiger partial charge in [-0.1, -0.05) is 48.5 Å². The predicted octanol–water partition coefficient (Wildman–Crippen LogP) is 5.69. The summed E-state index contributed by atoms with van der Waals surface area (Å²) < 4.78 is 25.4. The van der Waals surface area contributed by atoms with Crippen molar-refractivity contribution in [2.45, 2.75) is 12.0 Å². The van der Waals surface area contributed by atoms with E-state index >= 15 is 0 Å². The summed E-state index contributed by atoms with van der Waals surface area (Å²) in [5.41, 5.74) is 2.15. The molecular formula is C24H23FN2O3S. The first kappa shape index (κ1) is 21.1. The summed E-state index contributed by atoms with van der Waals surface area (Å²) in [5, 5.41) is 2.48. The van der Waals surface area contributed by atoms with Crippen LogP contribution in [0.3, 0.4) is 0 Å². The third kappa shape index (κ3) is 4.94. The van der Waals surface area contributed by atoms with E-state index in [9.17, 15) is 9.18 Å². The Morgan fingerprint density at radius 2 is 1.87 bits per heavy atom. The van der Waals surface area contributed by atoms with Crippen LogP contribution in [0.5, 0.6) is 11.5 Å². The number of carbonyl (C=O) groups excluding carboxylic acids is 1. The zero-order valence-corrected chi connectivity index (χ0v) is 17.9. The lowest BCUT2D eigenvalue weighted by molar-refractivity contribution is 0.214. The van der Waals surface area contributed by atoms with Gasteiger partial charge in [0.2, 0.25) is 0 Å². The molecule has 1 aliphatic rings. The third-order valence-corrected chi connectivity index (χ3v) is 6.24. The lowest BCUT2D eigenvalue weighted by Crippen LogP contribution is -2.34. The van der Waals surface area contributed by atoms with Crippen molar-refractivity contribution in [3.05, 3.63) is 89.7 Å². The Morgan fingerprint density at radius 3 is 2.65 bits per heavy atom. The molecule has 3 aromatic rings. The number of carbonyl (C=O) groups is 1. The maximum absolute atomic E-state index is 13.9. The first-order chi connectivity index (χ1) is 15.2. The van der Waals surface area contributed by atoms with Crippen LogP contribution < -0.4 is 14.8 Å². The van der Waals surface area contributed by atoms with Gasteiger partial charge >= 0.3 is 6.03 Å². The first-order valence-electron chi connectivity index (χ1n) is 9.94. The van der Waals surface area contributed by atoms with Crippen molar-refractivity contribution < 1.29 is 18.7 Å². The van der Waals surface area contributed by atoms with E-state index in [-0.39, 0.29) is 17.1 Å². The SMILES string of the molecule is COc1ccc(C2SCCN2C(=O)Nc2ccccc2F)cc1OCc1ccccc1. The number of methoxy groups -OCH3 is 1. The molecule has 1 unspecified atom stereocenters. The van der Waals surface area contributed by atoms with Crippen molar-refractivity contribution in [2.24, 2.45) is 0 Å². The standard InChI is InChI=1S/C24H23FN2O3S/c1-29-21-12-11-18(15-22(21)30-16-17-7-3-2-4-8-17)23-27(13-14-31-23)24(28)26-20-10-6-5-9-19(20)25/h2-12,15,23H,13-14,16H2,1H3,(H,26,28). The number of nitrogens with zero attached hydrogens (tertiary/aromatic N) is 1. The van der Waals surface area contributed by atoms with E-state index in [1.54, 1.807) is 42.0 Å². The fraction of sp³-hybridized carbons (Fsp3) is 0.208. The van der Waals surface area contributed by atoms with Crippen molar-refractivity contribution in [3.63, 3.8) is 0 Å². The van der Waals surface area contributed by atoms with Gasteiger partial charge in [-0.2, -0.15) is 0 Å². The van der Waals surface area contributed by atoms with Gasteiger partial charge in [0, 0.05) is 12.3 Å². The fourth-order valence-corrected chi connectivity index (χ4v) is 4.64. The summed E-state index contributed by atoms with van der Waals surface area (Å²) in [5.74, 6) is 1.58. The predicted molar refractivity (Wildman–Crippen MR) is 121 cm³/mol. The number of rotatable bonds is 6. The molecule has 7 heteroatoms. The fourth-order valence-electron chi connectivity index (χ4n) is 3.40. The van der Waals surface area contributed by atoms with Crippen molar-refractivity contribution in [1.82, 2.24) is 4.90 Å². The van der Waals surface area contributed by atoms with E-state index in [1.165, 1.54) is 6.07 Å². The minimum Gasteiger partial charge on any atom is -0.493 e. The Hall–Kier alpha value is -3.19. The molecule has 31 heavy (non-hydrogen) atoms. The number of hydrogen-bond acceptors (Lipinski definition) is 4. The highest BCUT2D eigenvalue weighted by Crippen LogP contribution is 2.41. The number of anilines is 1. The van der Waals surface area contributed by atoms with E-state index in [1.807, 2.05) is 48.5 Å². The summed E-state index contributed by atoms with van der Waals surface area (Å²) >= 11 is 1.66. The Bertz CT molecular complexity index is 1050. The van der Waals surface area contributed by atoms with E-state index < -0.39 is 5.82 Å². The van der Waals surface area contributed by atoms with Crippen molar-refractivity contribution in [1.29, 1.82) is 0 Å². The smallest absolute Gasteiger partial charge is 0.323 e. The number of nitrogens with one attached hydrogen (secondary N) is 1. The normalized spacial score (nSPS) is 15.5. The molecule has 4 rings (SSSR count). The number of thioether (sulfide) groups is 1. The number of benzene rings is 3. The molecule has 0 spiro atoms. The highest BCUT2D eigenvalue weighted by molar-refractivity contribution is 7.99. The first-order valence-corrected chi connectivity index (χ1v) is 11.0. The van der Waals surface area contributed by atoms with Crippen LogP contribution in [0.15, 0.2) is 72.8 Å².